The lowest BCUT2D eigenvalue weighted by Crippen LogP contribution is -2.29. The number of carbonyl (C=O) groups excluding carboxylic acids is 1. The normalized spacial score (nSPS) is 14.3. The van der Waals surface area contributed by atoms with Crippen molar-refractivity contribution in [1.29, 1.82) is 0 Å². The second kappa shape index (κ2) is 9.76. The highest BCUT2D eigenvalue weighted by Gasteiger charge is 2.21. The van der Waals surface area contributed by atoms with E-state index in [0.29, 0.717) is 5.56 Å². The van der Waals surface area contributed by atoms with Gasteiger partial charge in [-0.2, -0.15) is 0 Å². The van der Waals surface area contributed by atoms with E-state index in [1.807, 2.05) is 37.3 Å². The fourth-order valence-electron chi connectivity index (χ4n) is 3.54. The molecule has 0 aliphatic carbocycles. The van der Waals surface area contributed by atoms with Gasteiger partial charge in [-0.3, -0.25) is 10.1 Å². The molecule has 32 heavy (non-hydrogen) atoms. The molecule has 3 aromatic rings. The number of aryl methyl sites for hydroxylation is 1. The van der Waals surface area contributed by atoms with E-state index in [-0.39, 0.29) is 21.9 Å². The number of hydrogen-bond acceptors (Lipinski definition) is 7. The van der Waals surface area contributed by atoms with E-state index < -0.39 is 10.0 Å². The summed E-state index contributed by atoms with van der Waals surface area (Å²) in [6, 6.07) is 15.0. The highest BCUT2D eigenvalue weighted by Crippen LogP contribution is 2.22. The van der Waals surface area contributed by atoms with Crippen LogP contribution in [0.1, 0.15) is 40.7 Å². The van der Waals surface area contributed by atoms with Gasteiger partial charge < -0.3 is 4.90 Å². The summed E-state index contributed by atoms with van der Waals surface area (Å²) in [5.74, 6) is -0.365. The zero-order valence-electron chi connectivity index (χ0n) is 17.7. The zero-order valence-corrected chi connectivity index (χ0v) is 19.4. The Kier molecular flexibility index (Phi) is 6.83. The van der Waals surface area contributed by atoms with E-state index in [0.717, 1.165) is 41.2 Å². The van der Waals surface area contributed by atoms with Crippen LogP contribution in [0.4, 0.5) is 10.8 Å². The van der Waals surface area contributed by atoms with Crippen molar-refractivity contribution in [3.63, 3.8) is 0 Å². The first-order chi connectivity index (χ1) is 15.4. The largest absolute Gasteiger partial charge is 0.372 e. The van der Waals surface area contributed by atoms with E-state index in [9.17, 15) is 13.2 Å². The van der Waals surface area contributed by atoms with Crippen molar-refractivity contribution in [3.05, 3.63) is 65.2 Å². The van der Waals surface area contributed by atoms with Crippen molar-refractivity contribution in [2.24, 2.45) is 0 Å². The Balaban J connectivity index is 1.35. The lowest BCUT2D eigenvalue weighted by atomic mass is 10.1. The van der Waals surface area contributed by atoms with Crippen molar-refractivity contribution >= 4 is 38.1 Å². The highest BCUT2D eigenvalue weighted by molar-refractivity contribution is 7.91. The molecule has 1 amide bonds. The van der Waals surface area contributed by atoms with Gasteiger partial charge in [0, 0.05) is 30.9 Å². The first-order valence-electron chi connectivity index (χ1n) is 10.5. The van der Waals surface area contributed by atoms with Crippen LogP contribution in [0, 0.1) is 6.92 Å². The number of amides is 1. The van der Waals surface area contributed by atoms with Crippen LogP contribution in [0.2, 0.25) is 0 Å². The van der Waals surface area contributed by atoms with Crippen molar-refractivity contribution in [3.8, 4) is 0 Å². The highest BCUT2D eigenvalue weighted by atomic mass is 32.2. The molecule has 2 aromatic carbocycles. The monoisotopic (exact) mass is 471 g/mol. The van der Waals surface area contributed by atoms with Crippen LogP contribution in [0.25, 0.3) is 0 Å². The van der Waals surface area contributed by atoms with Gasteiger partial charge in [0.05, 0.1) is 0 Å². The van der Waals surface area contributed by atoms with Gasteiger partial charge in [-0.05, 0) is 56.0 Å². The summed E-state index contributed by atoms with van der Waals surface area (Å²) < 4.78 is 27.6. The number of piperidine rings is 1. The summed E-state index contributed by atoms with van der Waals surface area (Å²) in [7, 11) is -3.84. The first kappa shape index (κ1) is 22.4. The molecule has 10 heteroatoms. The van der Waals surface area contributed by atoms with Crippen LogP contribution in [0.5, 0.6) is 0 Å². The summed E-state index contributed by atoms with van der Waals surface area (Å²) in [6.45, 7) is 4.16. The summed E-state index contributed by atoms with van der Waals surface area (Å²) >= 11 is 0.812. The molecule has 0 unspecified atom stereocenters. The smallest absolute Gasteiger partial charge is 0.270 e. The third-order valence-corrected chi connectivity index (χ3v) is 7.87. The molecule has 2 N–H and O–H groups in total. The fourth-order valence-corrected chi connectivity index (χ4v) is 5.49. The number of hydrogen-bond donors (Lipinski definition) is 2. The van der Waals surface area contributed by atoms with Crippen LogP contribution in [-0.4, -0.2) is 37.6 Å². The molecule has 1 aromatic heterocycles. The Morgan fingerprint density at radius 3 is 2.53 bits per heavy atom. The molecular formula is C22H25N5O3S2. The van der Waals surface area contributed by atoms with Gasteiger partial charge in [0.25, 0.3) is 15.9 Å². The molecule has 0 saturated carbocycles. The number of nitrogens with zero attached hydrogens (tertiary/aromatic N) is 3. The topological polar surface area (TPSA) is 104 Å². The molecule has 0 radical (unpaired) electrons. The third kappa shape index (κ3) is 5.50. The van der Waals surface area contributed by atoms with E-state index in [4.69, 9.17) is 0 Å². The quantitative estimate of drug-likeness (QED) is 0.511. The van der Waals surface area contributed by atoms with Gasteiger partial charge in [0.1, 0.15) is 0 Å². The minimum atomic E-state index is -3.84. The Morgan fingerprint density at radius 2 is 1.81 bits per heavy atom. The van der Waals surface area contributed by atoms with Crippen LogP contribution >= 0.6 is 11.3 Å². The maximum absolute atomic E-state index is 12.6. The molecule has 2 heterocycles. The molecule has 4 rings (SSSR count). The van der Waals surface area contributed by atoms with E-state index in [1.54, 1.807) is 18.2 Å². The maximum Gasteiger partial charge on any atom is 0.270 e. The molecular weight excluding hydrogens is 446 g/mol. The number of nitrogens with one attached hydrogen (secondary N) is 2. The molecule has 0 bridgehead atoms. The summed E-state index contributed by atoms with van der Waals surface area (Å²) in [4.78, 5) is 14.7. The third-order valence-electron chi connectivity index (χ3n) is 5.26. The molecule has 1 fully saturated rings. The van der Waals surface area contributed by atoms with E-state index >= 15 is 0 Å². The number of sulfonamides is 1. The lowest BCUT2D eigenvalue weighted by molar-refractivity contribution is 0.102. The van der Waals surface area contributed by atoms with E-state index in [2.05, 4.69) is 25.1 Å². The zero-order chi connectivity index (χ0) is 22.6. The maximum atomic E-state index is 12.6. The molecule has 0 spiro atoms. The standard InChI is InChI=1S/C22H25N5O3S2/c1-16-6-5-7-18(14-16)20(28)24-21-25-26-22(31-21)32(29,30)23-15-17-8-10-19(11-9-17)27-12-3-2-4-13-27/h5-11,14,23H,2-4,12-13,15H2,1H3,(H,24,25,28). The second-order valence-corrected chi connectivity index (χ2v) is 10.7. The van der Waals surface area contributed by atoms with Gasteiger partial charge in [-0.25, -0.2) is 13.1 Å². The molecule has 1 saturated heterocycles. The summed E-state index contributed by atoms with van der Waals surface area (Å²) in [5.41, 5.74) is 3.43. The predicted octanol–water partition coefficient (Wildman–Crippen LogP) is 3.57. The molecule has 1 aliphatic heterocycles. The van der Waals surface area contributed by atoms with Gasteiger partial charge in [-0.15, -0.1) is 10.2 Å². The van der Waals surface area contributed by atoms with E-state index in [1.165, 1.54) is 19.3 Å². The van der Waals surface area contributed by atoms with Crippen molar-refractivity contribution < 1.29 is 13.2 Å². The Labute approximate surface area is 191 Å². The van der Waals surface area contributed by atoms with Crippen molar-refractivity contribution in [1.82, 2.24) is 14.9 Å². The first-order valence-corrected chi connectivity index (χ1v) is 12.8. The molecule has 0 atom stereocenters. The number of aromatic nitrogens is 2. The van der Waals surface area contributed by atoms with Gasteiger partial charge in [0.2, 0.25) is 9.47 Å². The number of carbonyl (C=O) groups is 1. The average molecular weight is 472 g/mol. The predicted molar refractivity (Wildman–Crippen MR) is 126 cm³/mol. The SMILES string of the molecule is Cc1cccc(C(=O)Nc2nnc(S(=O)(=O)NCc3ccc(N4CCCCC4)cc3)s2)c1. The number of rotatable bonds is 7. The molecule has 1 aliphatic rings. The lowest BCUT2D eigenvalue weighted by Gasteiger charge is -2.28. The fraction of sp³-hybridized carbons (Fsp3) is 0.318. The van der Waals surface area contributed by atoms with Crippen LogP contribution in [-0.2, 0) is 16.6 Å². The van der Waals surface area contributed by atoms with Crippen LogP contribution in [0.15, 0.2) is 52.9 Å². The van der Waals surface area contributed by atoms with Crippen molar-refractivity contribution in [2.45, 2.75) is 37.1 Å². The Morgan fingerprint density at radius 1 is 1.06 bits per heavy atom. The van der Waals surface area contributed by atoms with Gasteiger partial charge >= 0.3 is 0 Å². The number of benzene rings is 2. The Hall–Kier alpha value is -2.82. The minimum Gasteiger partial charge on any atom is -0.372 e. The summed E-state index contributed by atoms with van der Waals surface area (Å²) in [5, 5.41) is 10.3. The second-order valence-electron chi connectivity index (χ2n) is 7.74. The Bertz CT molecular complexity index is 1190. The molecule has 168 valence electrons. The average Bonchev–Trinajstić information content (AvgIpc) is 3.28. The minimum absolute atomic E-state index is 0.128. The van der Waals surface area contributed by atoms with Crippen LogP contribution < -0.4 is 14.9 Å². The molecule has 8 nitrogen and oxygen atoms in total. The summed E-state index contributed by atoms with van der Waals surface area (Å²) in [6.07, 6.45) is 3.69. The van der Waals surface area contributed by atoms with Gasteiger partial charge in [0.15, 0.2) is 0 Å². The van der Waals surface area contributed by atoms with Crippen LogP contribution in [0.3, 0.4) is 0 Å². The van der Waals surface area contributed by atoms with Gasteiger partial charge in [-0.1, -0.05) is 41.2 Å². The van der Waals surface area contributed by atoms with Crippen molar-refractivity contribution in [2.75, 3.05) is 23.3 Å². The number of anilines is 2.